The Balaban J connectivity index is 1.35. The number of anilines is 1. The highest BCUT2D eigenvalue weighted by atomic mass is 35.5. The molecule has 2 aromatic rings. The van der Waals surface area contributed by atoms with Crippen molar-refractivity contribution in [1.29, 1.82) is 0 Å². The minimum atomic E-state index is -0.431. The van der Waals surface area contributed by atoms with Crippen molar-refractivity contribution in [2.24, 2.45) is 0 Å². The third-order valence-electron chi connectivity index (χ3n) is 5.55. The number of nitrogens with zero attached hydrogens (tertiary/aromatic N) is 2. The monoisotopic (exact) mass is 436 g/mol. The summed E-state index contributed by atoms with van der Waals surface area (Å²) < 4.78 is 20.1. The van der Waals surface area contributed by atoms with E-state index in [1.807, 2.05) is 37.3 Å². The van der Waals surface area contributed by atoms with Gasteiger partial charge in [-0.1, -0.05) is 41.4 Å². The fourth-order valence-electron chi connectivity index (χ4n) is 4.33. The smallest absolute Gasteiger partial charge is 0.303 e. The van der Waals surface area contributed by atoms with Crippen molar-refractivity contribution < 1.29 is 13.9 Å². The quantitative estimate of drug-likeness (QED) is 0.625. The molecule has 0 bridgehead atoms. The predicted molar refractivity (Wildman–Crippen MR) is 113 cm³/mol. The number of rotatable bonds is 5. The second-order valence-corrected chi connectivity index (χ2v) is 9.03. The molecule has 29 heavy (non-hydrogen) atoms. The lowest BCUT2D eigenvalue weighted by Crippen LogP contribution is -2.61. The molecule has 0 atom stereocenters. The number of hydrogen-bond acceptors (Lipinski definition) is 4. The van der Waals surface area contributed by atoms with E-state index in [1.165, 1.54) is 6.92 Å². The lowest BCUT2D eigenvalue weighted by molar-refractivity contribution is -0.174. The van der Waals surface area contributed by atoms with Crippen molar-refractivity contribution in [3.05, 3.63) is 63.4 Å². The number of ether oxygens (including phenoxy) is 1. The van der Waals surface area contributed by atoms with Crippen LogP contribution in [0.5, 0.6) is 0 Å². The Labute approximate surface area is 180 Å². The Bertz CT molecular complexity index is 920. The van der Waals surface area contributed by atoms with E-state index in [2.05, 4.69) is 9.80 Å². The van der Waals surface area contributed by atoms with E-state index in [9.17, 15) is 9.18 Å². The summed E-state index contributed by atoms with van der Waals surface area (Å²) in [6.07, 6.45) is 0. The number of carbonyl (C=O) groups is 1. The molecule has 0 N–H and O–H groups in total. The summed E-state index contributed by atoms with van der Waals surface area (Å²) >= 11 is 12.5. The van der Waals surface area contributed by atoms with Gasteiger partial charge in [0.2, 0.25) is 0 Å². The zero-order chi connectivity index (χ0) is 20.8. The van der Waals surface area contributed by atoms with E-state index in [1.54, 1.807) is 6.07 Å². The van der Waals surface area contributed by atoms with Crippen molar-refractivity contribution >= 4 is 34.9 Å². The molecule has 4 nitrogen and oxygen atoms in total. The highest BCUT2D eigenvalue weighted by molar-refractivity contribution is 6.39. The van der Waals surface area contributed by atoms with E-state index in [-0.39, 0.29) is 17.7 Å². The minimum absolute atomic E-state index is 0.118. The molecule has 0 aliphatic carbocycles. The summed E-state index contributed by atoms with van der Waals surface area (Å²) in [4.78, 5) is 15.4. The number of para-hydroxylation sites is 1. The molecule has 2 aromatic carbocycles. The molecule has 0 radical (unpaired) electrons. The van der Waals surface area contributed by atoms with Crippen LogP contribution in [0.25, 0.3) is 0 Å². The zero-order valence-electron chi connectivity index (χ0n) is 16.4. The summed E-state index contributed by atoms with van der Waals surface area (Å²) in [5.41, 5.74) is 2.03. The summed E-state index contributed by atoms with van der Waals surface area (Å²) in [5, 5.41) is 1.23. The number of esters is 1. The molecular formula is C22H23Cl2FN2O2. The fraction of sp³-hybridized carbons (Fsp3) is 0.409. The Morgan fingerprint density at radius 2 is 1.86 bits per heavy atom. The predicted octanol–water partition coefficient (Wildman–Crippen LogP) is 4.87. The second kappa shape index (κ2) is 7.78. The molecule has 154 valence electrons. The molecule has 0 unspecified atom stereocenters. The first-order valence-corrected chi connectivity index (χ1v) is 10.4. The Kier molecular flexibility index (Phi) is 5.49. The van der Waals surface area contributed by atoms with Crippen molar-refractivity contribution in [2.75, 3.05) is 31.1 Å². The standard InChI is InChI=1S/C22H23Cl2FN2O2/c1-14(28)29-22(2)12-26(13-22)9-15-6-7-17(20(25)8-15)16-10-27(11-16)21-18(23)4-3-5-19(21)24/h3-8,16H,9-13H2,1-2H3. The second-order valence-electron chi connectivity index (χ2n) is 8.22. The van der Waals surface area contributed by atoms with Gasteiger partial charge in [-0.05, 0) is 36.2 Å². The summed E-state index contributed by atoms with van der Waals surface area (Å²) in [6.45, 7) is 6.67. The molecule has 7 heteroatoms. The third kappa shape index (κ3) is 4.23. The molecular weight excluding hydrogens is 414 g/mol. The van der Waals surface area contributed by atoms with Crippen LogP contribution in [0.15, 0.2) is 36.4 Å². The fourth-order valence-corrected chi connectivity index (χ4v) is 4.97. The molecule has 4 rings (SSSR count). The van der Waals surface area contributed by atoms with Gasteiger partial charge < -0.3 is 9.64 Å². The first kappa shape index (κ1) is 20.5. The van der Waals surface area contributed by atoms with Crippen molar-refractivity contribution in [3.8, 4) is 0 Å². The van der Waals surface area contributed by atoms with Gasteiger partial charge in [-0.2, -0.15) is 0 Å². The average molecular weight is 437 g/mol. The van der Waals surface area contributed by atoms with Crippen LogP contribution in [0.1, 0.15) is 30.9 Å². The van der Waals surface area contributed by atoms with Gasteiger partial charge in [0.15, 0.2) is 0 Å². The van der Waals surface area contributed by atoms with Gasteiger partial charge in [0.25, 0.3) is 0 Å². The highest BCUT2D eigenvalue weighted by Gasteiger charge is 2.41. The van der Waals surface area contributed by atoms with Crippen LogP contribution in [0, 0.1) is 5.82 Å². The average Bonchev–Trinajstić information content (AvgIpc) is 2.55. The molecule has 2 saturated heterocycles. The van der Waals surface area contributed by atoms with Crippen LogP contribution in [0.2, 0.25) is 10.0 Å². The van der Waals surface area contributed by atoms with Crippen LogP contribution in [0.3, 0.4) is 0 Å². The van der Waals surface area contributed by atoms with E-state index < -0.39 is 5.60 Å². The lowest BCUT2D eigenvalue weighted by atomic mass is 9.89. The number of likely N-dealkylation sites (tertiary alicyclic amines) is 1. The molecule has 0 aromatic heterocycles. The molecule has 2 aliphatic heterocycles. The number of halogens is 3. The lowest BCUT2D eigenvalue weighted by Gasteiger charge is -2.46. The largest absolute Gasteiger partial charge is 0.457 e. The van der Waals surface area contributed by atoms with E-state index in [4.69, 9.17) is 27.9 Å². The summed E-state index contributed by atoms with van der Waals surface area (Å²) in [6, 6.07) is 10.9. The molecule has 2 heterocycles. The maximum absolute atomic E-state index is 14.7. The van der Waals surface area contributed by atoms with Crippen LogP contribution in [-0.2, 0) is 16.1 Å². The first-order valence-electron chi connectivity index (χ1n) is 9.63. The Morgan fingerprint density at radius 3 is 2.45 bits per heavy atom. The van der Waals surface area contributed by atoms with Crippen LogP contribution >= 0.6 is 23.2 Å². The van der Waals surface area contributed by atoms with Gasteiger partial charge in [-0.3, -0.25) is 9.69 Å². The molecule has 0 spiro atoms. The van der Waals surface area contributed by atoms with Gasteiger partial charge in [-0.25, -0.2) is 4.39 Å². The Hall–Kier alpha value is -1.82. The minimum Gasteiger partial charge on any atom is -0.457 e. The van der Waals surface area contributed by atoms with E-state index in [0.717, 1.165) is 16.8 Å². The van der Waals surface area contributed by atoms with Crippen LogP contribution < -0.4 is 4.90 Å². The first-order chi connectivity index (χ1) is 13.7. The van der Waals surface area contributed by atoms with Gasteiger partial charge in [0, 0.05) is 45.6 Å². The van der Waals surface area contributed by atoms with Gasteiger partial charge in [-0.15, -0.1) is 0 Å². The van der Waals surface area contributed by atoms with Gasteiger partial charge in [0.05, 0.1) is 15.7 Å². The normalized spacial score (nSPS) is 18.9. The Morgan fingerprint density at radius 1 is 1.21 bits per heavy atom. The van der Waals surface area contributed by atoms with Gasteiger partial charge in [0.1, 0.15) is 11.4 Å². The zero-order valence-corrected chi connectivity index (χ0v) is 17.9. The highest BCUT2D eigenvalue weighted by Crippen LogP contribution is 2.40. The topological polar surface area (TPSA) is 32.8 Å². The number of hydrogen-bond donors (Lipinski definition) is 0. The molecule has 0 amide bonds. The maximum atomic E-state index is 14.7. The van der Waals surface area contributed by atoms with Crippen molar-refractivity contribution in [3.63, 3.8) is 0 Å². The van der Waals surface area contributed by atoms with E-state index in [0.29, 0.717) is 42.8 Å². The summed E-state index contributed by atoms with van der Waals surface area (Å²) in [5.74, 6) is -0.330. The SMILES string of the molecule is CC(=O)OC1(C)CN(Cc2ccc(C3CN(c4c(Cl)cccc4Cl)C3)c(F)c2)C1. The molecule has 2 aliphatic rings. The van der Waals surface area contributed by atoms with Crippen molar-refractivity contribution in [2.45, 2.75) is 31.9 Å². The van der Waals surface area contributed by atoms with E-state index >= 15 is 0 Å². The molecule has 0 saturated carbocycles. The maximum Gasteiger partial charge on any atom is 0.303 e. The number of benzene rings is 2. The van der Waals surface area contributed by atoms with Crippen LogP contribution in [0.4, 0.5) is 10.1 Å². The van der Waals surface area contributed by atoms with Crippen molar-refractivity contribution in [1.82, 2.24) is 4.90 Å². The summed E-state index contributed by atoms with van der Waals surface area (Å²) in [7, 11) is 0. The van der Waals surface area contributed by atoms with Gasteiger partial charge >= 0.3 is 5.97 Å². The number of carbonyl (C=O) groups excluding carboxylic acids is 1. The third-order valence-corrected chi connectivity index (χ3v) is 6.16. The molecule has 2 fully saturated rings. The van der Waals surface area contributed by atoms with Crippen LogP contribution in [-0.4, -0.2) is 42.6 Å².